The van der Waals surface area contributed by atoms with Gasteiger partial charge in [0.15, 0.2) is 5.16 Å². The van der Waals surface area contributed by atoms with Crippen LogP contribution in [0.5, 0.6) is 0 Å². The van der Waals surface area contributed by atoms with Crippen molar-refractivity contribution in [3.05, 3.63) is 5.82 Å². The van der Waals surface area contributed by atoms with Crippen molar-refractivity contribution in [2.45, 2.75) is 36.9 Å². The largest absolute Gasteiger partial charge is 0.481 e. The van der Waals surface area contributed by atoms with Gasteiger partial charge in [-0.1, -0.05) is 11.8 Å². The normalized spacial score (nSPS) is 14.9. The van der Waals surface area contributed by atoms with Gasteiger partial charge in [-0.05, 0) is 19.3 Å². The van der Waals surface area contributed by atoms with E-state index in [0.29, 0.717) is 12.6 Å². The third-order valence-corrected chi connectivity index (χ3v) is 3.65. The van der Waals surface area contributed by atoms with Crippen LogP contribution in [0, 0.1) is 0 Å². The first-order valence-electron chi connectivity index (χ1n) is 5.99. The van der Waals surface area contributed by atoms with Crippen LogP contribution in [0.1, 0.15) is 31.1 Å². The number of nitrogens with zero attached hydrogens (tertiary/aromatic N) is 3. The molecular formula is C11H17N3O3S. The molecule has 2 rings (SSSR count). The zero-order valence-electron chi connectivity index (χ0n) is 10.3. The summed E-state index contributed by atoms with van der Waals surface area (Å²) in [6.07, 6.45) is 4.00. The van der Waals surface area contributed by atoms with Gasteiger partial charge in [0.25, 0.3) is 0 Å². The third-order valence-electron chi connectivity index (χ3n) is 2.72. The van der Waals surface area contributed by atoms with Gasteiger partial charge in [0.2, 0.25) is 0 Å². The minimum atomic E-state index is -0.828. The van der Waals surface area contributed by atoms with E-state index in [1.54, 1.807) is 7.11 Å². The molecule has 1 N–H and O–H groups in total. The molecule has 0 aliphatic heterocycles. The maximum Gasteiger partial charge on any atom is 0.313 e. The number of carbonyl (C=O) groups is 1. The molecule has 1 aliphatic rings. The van der Waals surface area contributed by atoms with Crippen LogP contribution in [0.3, 0.4) is 0 Å². The molecule has 100 valence electrons. The first kappa shape index (κ1) is 13.4. The highest BCUT2D eigenvalue weighted by atomic mass is 32.2. The van der Waals surface area contributed by atoms with E-state index in [1.165, 1.54) is 11.8 Å². The second-order valence-corrected chi connectivity index (χ2v) is 5.22. The lowest BCUT2D eigenvalue weighted by Gasteiger charge is -2.07. The molecule has 1 aromatic heterocycles. The number of aliphatic carboxylic acids is 1. The van der Waals surface area contributed by atoms with Gasteiger partial charge in [-0.2, -0.15) is 0 Å². The van der Waals surface area contributed by atoms with Gasteiger partial charge < -0.3 is 14.4 Å². The van der Waals surface area contributed by atoms with E-state index in [9.17, 15) is 4.79 Å². The SMILES string of the molecule is COCCCc1nnc(SCC(=O)O)n1C1CC1. The smallest absolute Gasteiger partial charge is 0.313 e. The van der Waals surface area contributed by atoms with E-state index in [1.807, 2.05) is 0 Å². The topological polar surface area (TPSA) is 77.2 Å². The van der Waals surface area contributed by atoms with Gasteiger partial charge in [0.1, 0.15) is 5.82 Å². The molecule has 0 unspecified atom stereocenters. The first-order valence-corrected chi connectivity index (χ1v) is 6.98. The number of hydrogen-bond donors (Lipinski definition) is 1. The van der Waals surface area contributed by atoms with Crippen molar-refractivity contribution in [2.75, 3.05) is 19.5 Å². The Morgan fingerprint density at radius 2 is 2.33 bits per heavy atom. The molecule has 1 saturated carbocycles. The van der Waals surface area contributed by atoms with Gasteiger partial charge in [-0.3, -0.25) is 4.79 Å². The van der Waals surface area contributed by atoms with Crippen molar-refractivity contribution >= 4 is 17.7 Å². The molecule has 6 nitrogen and oxygen atoms in total. The molecule has 1 fully saturated rings. The van der Waals surface area contributed by atoms with Gasteiger partial charge in [-0.25, -0.2) is 0 Å². The zero-order valence-corrected chi connectivity index (χ0v) is 11.2. The van der Waals surface area contributed by atoms with Crippen molar-refractivity contribution in [3.8, 4) is 0 Å². The minimum Gasteiger partial charge on any atom is -0.481 e. The summed E-state index contributed by atoms with van der Waals surface area (Å²) in [5, 5.41) is 17.7. The number of methoxy groups -OCH3 is 1. The van der Waals surface area contributed by atoms with Crippen LogP contribution in [0.4, 0.5) is 0 Å². The molecule has 0 amide bonds. The lowest BCUT2D eigenvalue weighted by molar-refractivity contribution is -0.133. The summed E-state index contributed by atoms with van der Waals surface area (Å²) in [5.74, 6) is 0.150. The fraction of sp³-hybridized carbons (Fsp3) is 0.727. The first-order chi connectivity index (χ1) is 8.72. The van der Waals surface area contributed by atoms with E-state index >= 15 is 0 Å². The fourth-order valence-electron chi connectivity index (χ4n) is 1.78. The van der Waals surface area contributed by atoms with Gasteiger partial charge in [0.05, 0.1) is 5.75 Å². The molecule has 0 radical (unpaired) electrons. The average Bonchev–Trinajstić information content (AvgIpc) is 3.09. The predicted molar refractivity (Wildman–Crippen MR) is 66.8 cm³/mol. The molecule has 18 heavy (non-hydrogen) atoms. The summed E-state index contributed by atoms with van der Waals surface area (Å²) in [7, 11) is 1.68. The molecule has 0 saturated heterocycles. The summed E-state index contributed by atoms with van der Waals surface area (Å²) in [6, 6.07) is 0.467. The summed E-state index contributed by atoms with van der Waals surface area (Å²) in [4.78, 5) is 10.6. The van der Waals surface area contributed by atoms with Crippen molar-refractivity contribution < 1.29 is 14.6 Å². The van der Waals surface area contributed by atoms with Gasteiger partial charge >= 0.3 is 5.97 Å². The number of hydrogen-bond acceptors (Lipinski definition) is 5. The highest BCUT2D eigenvalue weighted by Crippen LogP contribution is 2.38. The number of ether oxygens (including phenoxy) is 1. The molecule has 0 atom stereocenters. The van der Waals surface area contributed by atoms with Gasteiger partial charge in [0, 0.05) is 26.2 Å². The van der Waals surface area contributed by atoms with Crippen LogP contribution in [0.2, 0.25) is 0 Å². The highest BCUT2D eigenvalue weighted by molar-refractivity contribution is 7.99. The van der Waals surface area contributed by atoms with Crippen LogP contribution in [0.15, 0.2) is 5.16 Å². The van der Waals surface area contributed by atoms with E-state index in [4.69, 9.17) is 9.84 Å². The molecule has 7 heteroatoms. The second-order valence-electron chi connectivity index (χ2n) is 4.28. The summed E-state index contributed by atoms with van der Waals surface area (Å²) >= 11 is 1.24. The highest BCUT2D eigenvalue weighted by Gasteiger charge is 2.29. The van der Waals surface area contributed by atoms with Crippen LogP contribution < -0.4 is 0 Å². The average molecular weight is 271 g/mol. The van der Waals surface area contributed by atoms with Crippen molar-refractivity contribution in [2.24, 2.45) is 0 Å². The Kier molecular flexibility index (Phi) is 4.60. The molecule has 0 aromatic carbocycles. The van der Waals surface area contributed by atoms with Gasteiger partial charge in [-0.15, -0.1) is 10.2 Å². The second kappa shape index (κ2) is 6.19. The molecule has 1 heterocycles. The lowest BCUT2D eigenvalue weighted by atomic mass is 10.3. The number of carboxylic acids is 1. The van der Waals surface area contributed by atoms with Crippen molar-refractivity contribution in [1.29, 1.82) is 0 Å². The predicted octanol–water partition coefficient (Wildman–Crippen LogP) is 1.37. The number of rotatable bonds is 8. The Bertz CT molecular complexity index is 418. The van der Waals surface area contributed by atoms with Crippen LogP contribution >= 0.6 is 11.8 Å². The fourth-order valence-corrected chi connectivity index (χ4v) is 2.52. The zero-order chi connectivity index (χ0) is 13.0. The number of aryl methyl sites for hydroxylation is 1. The molecule has 0 bridgehead atoms. The Hall–Kier alpha value is -1.08. The quantitative estimate of drug-likeness (QED) is 0.568. The van der Waals surface area contributed by atoms with E-state index in [0.717, 1.165) is 36.7 Å². The van der Waals surface area contributed by atoms with Crippen LogP contribution in [-0.4, -0.2) is 45.3 Å². The Labute approximate surface area is 110 Å². The molecular weight excluding hydrogens is 254 g/mol. The van der Waals surface area contributed by atoms with E-state index < -0.39 is 5.97 Å². The Morgan fingerprint density at radius 3 is 2.94 bits per heavy atom. The lowest BCUT2D eigenvalue weighted by Crippen LogP contribution is -2.06. The number of thioether (sulfide) groups is 1. The molecule has 1 aliphatic carbocycles. The maximum absolute atomic E-state index is 10.6. The summed E-state index contributed by atoms with van der Waals surface area (Å²) in [6.45, 7) is 0.704. The Balaban J connectivity index is 2.02. The van der Waals surface area contributed by atoms with Crippen LogP contribution in [0.25, 0.3) is 0 Å². The number of aromatic nitrogens is 3. The standard InChI is InChI=1S/C11H17N3O3S/c1-17-6-2-3-9-12-13-11(18-7-10(15)16)14(9)8-4-5-8/h8H,2-7H2,1H3,(H,15,16). The molecule has 0 spiro atoms. The van der Waals surface area contributed by atoms with E-state index in [2.05, 4.69) is 14.8 Å². The summed E-state index contributed by atoms with van der Waals surface area (Å²) in [5.41, 5.74) is 0. The number of carboxylic acid groups (broad SMARTS) is 1. The monoisotopic (exact) mass is 271 g/mol. The minimum absolute atomic E-state index is 0.0307. The maximum atomic E-state index is 10.6. The Morgan fingerprint density at radius 1 is 1.56 bits per heavy atom. The van der Waals surface area contributed by atoms with E-state index in [-0.39, 0.29) is 5.75 Å². The van der Waals surface area contributed by atoms with Crippen molar-refractivity contribution in [1.82, 2.24) is 14.8 Å². The molecule has 1 aromatic rings. The van der Waals surface area contributed by atoms with Crippen LogP contribution in [-0.2, 0) is 16.0 Å². The summed E-state index contributed by atoms with van der Waals surface area (Å²) < 4.78 is 7.13. The van der Waals surface area contributed by atoms with Crippen molar-refractivity contribution in [3.63, 3.8) is 0 Å². The third kappa shape index (κ3) is 3.46.